The van der Waals surface area contributed by atoms with Gasteiger partial charge in [0.05, 0.1) is 25.4 Å². The van der Waals surface area contributed by atoms with Crippen LogP contribution in [-0.4, -0.2) is 87.5 Å². The lowest BCUT2D eigenvalue weighted by Gasteiger charge is -2.40. The number of unbranched alkanes of at least 4 members (excludes halogenated alkanes) is 36. The molecule has 364 valence electrons. The Morgan fingerprint density at radius 2 is 0.820 bits per heavy atom. The largest absolute Gasteiger partial charge is 0.394 e. The Morgan fingerprint density at radius 1 is 0.492 bits per heavy atom. The Morgan fingerprint density at radius 3 is 1.16 bits per heavy atom. The summed E-state index contributed by atoms with van der Waals surface area (Å²) in [5, 5.41) is 54.5. The van der Waals surface area contributed by atoms with Crippen molar-refractivity contribution >= 4 is 5.91 Å². The molecule has 1 saturated heterocycles. The van der Waals surface area contributed by atoms with Crippen molar-refractivity contribution in [2.45, 2.75) is 314 Å². The van der Waals surface area contributed by atoms with Gasteiger partial charge in [0.2, 0.25) is 5.91 Å². The van der Waals surface area contributed by atoms with Crippen molar-refractivity contribution in [2.75, 3.05) is 13.2 Å². The summed E-state index contributed by atoms with van der Waals surface area (Å²) >= 11 is 0. The van der Waals surface area contributed by atoms with Gasteiger partial charge >= 0.3 is 0 Å². The van der Waals surface area contributed by atoms with Crippen LogP contribution >= 0.6 is 0 Å². The summed E-state index contributed by atoms with van der Waals surface area (Å²) in [5.41, 5.74) is 0. The molecule has 0 bridgehead atoms. The number of carbonyl (C=O) groups excluding carboxylic acids is 1. The van der Waals surface area contributed by atoms with Crippen LogP contribution in [0.3, 0.4) is 0 Å². The topological polar surface area (TPSA) is 149 Å². The molecule has 0 aromatic carbocycles. The number of hydrogen-bond donors (Lipinski definition) is 6. The third-order valence-corrected chi connectivity index (χ3v) is 13.2. The fraction of sp³-hybridized carbons (Fsp3) is 0.981. The third kappa shape index (κ3) is 33.3. The number of nitrogens with one attached hydrogen (secondary N) is 1. The Bertz CT molecular complexity index is 924. The Labute approximate surface area is 376 Å². The van der Waals surface area contributed by atoms with Crippen molar-refractivity contribution in [3.8, 4) is 0 Å². The highest BCUT2D eigenvalue weighted by Crippen LogP contribution is 2.23. The van der Waals surface area contributed by atoms with Crippen molar-refractivity contribution in [1.82, 2.24) is 5.32 Å². The molecule has 0 spiro atoms. The van der Waals surface area contributed by atoms with Crippen LogP contribution in [-0.2, 0) is 14.3 Å². The minimum atomic E-state index is -1.55. The summed E-state index contributed by atoms with van der Waals surface area (Å²) in [5.74, 6) is -0.138. The van der Waals surface area contributed by atoms with Crippen molar-refractivity contribution in [2.24, 2.45) is 0 Å². The van der Waals surface area contributed by atoms with Crippen LogP contribution in [0.4, 0.5) is 0 Å². The number of hydrogen-bond acceptors (Lipinski definition) is 8. The number of aliphatic hydroxyl groups is 5. The van der Waals surface area contributed by atoms with E-state index in [1.165, 1.54) is 205 Å². The molecule has 2 unspecified atom stereocenters. The van der Waals surface area contributed by atoms with E-state index in [0.717, 1.165) is 38.5 Å². The van der Waals surface area contributed by atoms with Gasteiger partial charge in [-0.15, -0.1) is 0 Å². The van der Waals surface area contributed by atoms with Crippen LogP contribution in [0.5, 0.6) is 0 Å². The zero-order valence-electron chi connectivity index (χ0n) is 40.2. The van der Waals surface area contributed by atoms with Gasteiger partial charge in [0.1, 0.15) is 24.4 Å². The van der Waals surface area contributed by atoms with Crippen molar-refractivity contribution < 1.29 is 39.8 Å². The maximum absolute atomic E-state index is 13.0. The Balaban J connectivity index is 2.19. The molecule has 1 aliphatic rings. The van der Waals surface area contributed by atoms with Crippen molar-refractivity contribution in [3.05, 3.63) is 0 Å². The van der Waals surface area contributed by atoms with Gasteiger partial charge in [-0.05, 0) is 12.8 Å². The monoisotopic (exact) mass is 870 g/mol. The lowest BCUT2D eigenvalue weighted by Crippen LogP contribution is -2.60. The van der Waals surface area contributed by atoms with Gasteiger partial charge in [0, 0.05) is 6.42 Å². The molecule has 9 nitrogen and oxygen atoms in total. The van der Waals surface area contributed by atoms with E-state index in [-0.39, 0.29) is 12.5 Å². The molecule has 0 saturated carbocycles. The first-order valence-electron chi connectivity index (χ1n) is 26.7. The summed E-state index contributed by atoms with van der Waals surface area (Å²) < 4.78 is 11.3. The standard InChI is InChI=1S/C52H103NO8/c1-3-5-7-9-11-13-15-17-19-20-21-22-23-24-25-26-27-28-30-32-34-36-38-40-42-48(56)53-45(44-60-52-51(59)50(58)49(57)47(43-54)61-52)46(55)41-39-37-35-33-31-29-18-16-14-12-10-8-6-4-2/h45-47,49-52,54-55,57-59H,3-44H2,1-2H3,(H,53,56)/t45-,46+,47+,49+,50?,51?,52+/m0/s1. The van der Waals surface area contributed by atoms with Gasteiger partial charge in [0.15, 0.2) is 6.29 Å². The first-order valence-corrected chi connectivity index (χ1v) is 26.7. The zero-order chi connectivity index (χ0) is 44.4. The zero-order valence-corrected chi connectivity index (χ0v) is 40.2. The van der Waals surface area contributed by atoms with Crippen molar-refractivity contribution in [1.29, 1.82) is 0 Å². The number of rotatable bonds is 46. The van der Waals surface area contributed by atoms with Gasteiger partial charge in [-0.25, -0.2) is 0 Å². The van der Waals surface area contributed by atoms with Gasteiger partial charge in [-0.1, -0.05) is 251 Å². The highest BCUT2D eigenvalue weighted by molar-refractivity contribution is 5.76. The third-order valence-electron chi connectivity index (χ3n) is 13.2. The Kier molecular flexibility index (Phi) is 41.1. The Hall–Kier alpha value is -0.810. The van der Waals surface area contributed by atoms with Gasteiger partial charge in [-0.3, -0.25) is 4.79 Å². The number of aliphatic hydroxyl groups excluding tert-OH is 5. The second kappa shape index (κ2) is 43.1. The smallest absolute Gasteiger partial charge is 0.220 e. The predicted octanol–water partition coefficient (Wildman–Crippen LogP) is 12.3. The van der Waals surface area contributed by atoms with E-state index >= 15 is 0 Å². The predicted molar refractivity (Wildman–Crippen MR) is 254 cm³/mol. The maximum atomic E-state index is 13.0. The number of ether oxygens (including phenoxy) is 2. The summed E-state index contributed by atoms with van der Waals surface area (Å²) in [6.45, 7) is 3.87. The number of amides is 1. The summed E-state index contributed by atoms with van der Waals surface area (Å²) in [6.07, 6.45) is 42.7. The van der Waals surface area contributed by atoms with Crippen LogP contribution in [0.2, 0.25) is 0 Å². The second-order valence-corrected chi connectivity index (χ2v) is 19.0. The molecule has 1 aliphatic heterocycles. The van der Waals surface area contributed by atoms with Gasteiger partial charge in [0.25, 0.3) is 0 Å². The molecule has 61 heavy (non-hydrogen) atoms. The second-order valence-electron chi connectivity index (χ2n) is 19.0. The van der Waals surface area contributed by atoms with Crippen LogP contribution in [0, 0.1) is 0 Å². The van der Waals surface area contributed by atoms with E-state index in [1.54, 1.807) is 0 Å². The van der Waals surface area contributed by atoms with Crippen LogP contribution < -0.4 is 5.32 Å². The first kappa shape index (κ1) is 58.2. The quantitative estimate of drug-likeness (QED) is 0.0331. The average molecular weight is 870 g/mol. The normalized spacial score (nSPS) is 20.3. The molecule has 0 aromatic rings. The van der Waals surface area contributed by atoms with E-state index < -0.39 is 49.5 Å². The number of carbonyl (C=O) groups is 1. The SMILES string of the molecule is CCCCCCCCCCCCCCCCCCCCCCCCCCC(=O)N[C@@H](CO[C@@H]1O[C@H](CO)[C@@H](O)C(O)C1O)[C@H](O)CCCCCCCCCCCCCCCC. The van der Waals surface area contributed by atoms with Crippen LogP contribution in [0.25, 0.3) is 0 Å². The van der Waals surface area contributed by atoms with Crippen LogP contribution in [0.15, 0.2) is 0 Å². The molecule has 6 N–H and O–H groups in total. The van der Waals surface area contributed by atoms with Crippen LogP contribution in [0.1, 0.15) is 271 Å². The minimum Gasteiger partial charge on any atom is -0.394 e. The van der Waals surface area contributed by atoms with E-state index in [4.69, 9.17) is 9.47 Å². The fourth-order valence-electron chi connectivity index (χ4n) is 8.93. The molecule has 0 aliphatic carbocycles. The summed E-state index contributed by atoms with van der Waals surface area (Å²) in [4.78, 5) is 13.0. The highest BCUT2D eigenvalue weighted by Gasteiger charge is 2.44. The van der Waals surface area contributed by atoms with E-state index in [0.29, 0.717) is 12.8 Å². The molecule has 7 atom stereocenters. The highest BCUT2D eigenvalue weighted by atomic mass is 16.7. The molecule has 0 radical (unpaired) electrons. The van der Waals surface area contributed by atoms with Gasteiger partial charge < -0.3 is 40.3 Å². The van der Waals surface area contributed by atoms with Gasteiger partial charge in [-0.2, -0.15) is 0 Å². The summed E-state index contributed by atoms with van der Waals surface area (Å²) in [6, 6.07) is -0.712. The lowest BCUT2D eigenvalue weighted by atomic mass is 9.99. The first-order chi connectivity index (χ1) is 29.8. The molecular formula is C52H103NO8. The molecule has 1 heterocycles. The van der Waals surface area contributed by atoms with Crippen molar-refractivity contribution in [3.63, 3.8) is 0 Å². The molecule has 1 fully saturated rings. The molecule has 0 aromatic heterocycles. The van der Waals surface area contributed by atoms with E-state index in [2.05, 4.69) is 19.2 Å². The van der Waals surface area contributed by atoms with E-state index in [9.17, 15) is 30.3 Å². The maximum Gasteiger partial charge on any atom is 0.220 e. The molecule has 1 rings (SSSR count). The molecule has 9 heteroatoms. The van der Waals surface area contributed by atoms with E-state index in [1.807, 2.05) is 0 Å². The lowest BCUT2D eigenvalue weighted by molar-refractivity contribution is -0.302. The molecular weight excluding hydrogens is 767 g/mol. The summed E-state index contributed by atoms with van der Waals surface area (Å²) in [7, 11) is 0. The minimum absolute atomic E-state index is 0.131. The average Bonchev–Trinajstić information content (AvgIpc) is 3.26. The fourth-order valence-corrected chi connectivity index (χ4v) is 8.93. The molecule has 1 amide bonds.